The van der Waals surface area contributed by atoms with Crippen molar-refractivity contribution in [3.8, 4) is 0 Å². The highest BCUT2D eigenvalue weighted by molar-refractivity contribution is 6.31. The molecule has 2 rings (SSSR count). The normalized spacial score (nSPS) is 12.0. The third-order valence-electron chi connectivity index (χ3n) is 3.20. The van der Waals surface area contributed by atoms with Crippen LogP contribution < -0.4 is 16.1 Å². The zero-order chi connectivity index (χ0) is 17.0. The third kappa shape index (κ3) is 4.10. The molecular weight excluding hydrogens is 320 g/mol. The van der Waals surface area contributed by atoms with Crippen LogP contribution in [-0.4, -0.2) is 24.4 Å². The first-order valence-electron chi connectivity index (χ1n) is 7.24. The van der Waals surface area contributed by atoms with Crippen molar-refractivity contribution in [3.63, 3.8) is 0 Å². The van der Waals surface area contributed by atoms with Crippen LogP contribution in [0.15, 0.2) is 33.5 Å². The second-order valence-electron chi connectivity index (χ2n) is 5.10. The average Bonchev–Trinajstić information content (AvgIpc) is 2.52. The Morgan fingerprint density at radius 1 is 1.30 bits per heavy atom. The van der Waals surface area contributed by atoms with E-state index >= 15 is 0 Å². The Morgan fingerprint density at radius 3 is 2.74 bits per heavy atom. The van der Waals surface area contributed by atoms with Crippen LogP contribution in [0.5, 0.6) is 0 Å². The summed E-state index contributed by atoms with van der Waals surface area (Å²) in [5.74, 6) is -1.08. The smallest absolute Gasteiger partial charge is 0.287 e. The van der Waals surface area contributed by atoms with E-state index < -0.39 is 11.9 Å². The van der Waals surface area contributed by atoms with Crippen LogP contribution in [0.1, 0.15) is 30.8 Å². The van der Waals surface area contributed by atoms with Gasteiger partial charge in [-0.1, -0.05) is 18.5 Å². The molecule has 1 heterocycles. The summed E-state index contributed by atoms with van der Waals surface area (Å²) < 4.78 is 5.42. The second-order valence-corrected chi connectivity index (χ2v) is 5.54. The Balaban J connectivity index is 2.20. The SMILES string of the molecule is CCCNC(=O)[C@@H](C)NC(=O)c1cc(=O)c2cc(Cl)ccc2o1. The highest BCUT2D eigenvalue weighted by Crippen LogP contribution is 2.17. The first-order valence-corrected chi connectivity index (χ1v) is 7.62. The number of fused-ring (bicyclic) bond motifs is 1. The quantitative estimate of drug-likeness (QED) is 0.875. The Morgan fingerprint density at radius 2 is 2.04 bits per heavy atom. The van der Waals surface area contributed by atoms with Crippen molar-refractivity contribution in [1.29, 1.82) is 0 Å². The number of carbonyl (C=O) groups excluding carboxylic acids is 2. The maximum atomic E-state index is 12.1. The van der Waals surface area contributed by atoms with Crippen LogP contribution >= 0.6 is 11.6 Å². The van der Waals surface area contributed by atoms with Crippen LogP contribution in [0, 0.1) is 0 Å². The van der Waals surface area contributed by atoms with E-state index in [-0.39, 0.29) is 22.7 Å². The minimum atomic E-state index is -0.736. The Hall–Kier alpha value is -2.34. The van der Waals surface area contributed by atoms with Crippen LogP contribution in [0.4, 0.5) is 0 Å². The lowest BCUT2D eigenvalue weighted by atomic mass is 10.2. The van der Waals surface area contributed by atoms with Crippen molar-refractivity contribution in [3.05, 3.63) is 45.3 Å². The molecule has 1 aromatic heterocycles. The lowest BCUT2D eigenvalue weighted by Gasteiger charge is -2.13. The topological polar surface area (TPSA) is 88.4 Å². The molecule has 0 aliphatic rings. The van der Waals surface area contributed by atoms with Gasteiger partial charge in [0.25, 0.3) is 5.91 Å². The zero-order valence-electron chi connectivity index (χ0n) is 12.8. The Kier molecular flexibility index (Phi) is 5.39. The molecule has 0 aliphatic carbocycles. The molecule has 2 aromatic rings. The number of rotatable bonds is 5. The highest BCUT2D eigenvalue weighted by atomic mass is 35.5. The average molecular weight is 337 g/mol. The van der Waals surface area contributed by atoms with E-state index in [1.165, 1.54) is 12.1 Å². The van der Waals surface area contributed by atoms with Gasteiger partial charge in [-0.3, -0.25) is 14.4 Å². The standard InChI is InChI=1S/C16H17ClN2O4/c1-3-6-18-15(21)9(2)19-16(22)14-8-12(20)11-7-10(17)4-5-13(11)23-14/h4-5,7-9H,3,6H2,1-2H3,(H,18,21)(H,19,22)/t9-/m1/s1. The molecule has 0 radical (unpaired) electrons. The van der Waals surface area contributed by atoms with E-state index in [0.29, 0.717) is 17.0 Å². The molecule has 1 aromatic carbocycles. The molecule has 0 saturated carbocycles. The number of nitrogens with one attached hydrogen (secondary N) is 2. The summed E-state index contributed by atoms with van der Waals surface area (Å²) in [6.07, 6.45) is 0.800. The predicted molar refractivity (Wildman–Crippen MR) is 87.7 cm³/mol. The van der Waals surface area contributed by atoms with Crippen molar-refractivity contribution < 1.29 is 14.0 Å². The number of halogens is 1. The van der Waals surface area contributed by atoms with Crippen molar-refractivity contribution >= 4 is 34.4 Å². The number of hydrogen-bond donors (Lipinski definition) is 2. The van der Waals surface area contributed by atoms with Gasteiger partial charge in [-0.15, -0.1) is 0 Å². The Bertz CT molecular complexity index is 800. The minimum absolute atomic E-state index is 0.153. The second kappa shape index (κ2) is 7.28. The van der Waals surface area contributed by atoms with Crippen LogP contribution in [0.25, 0.3) is 11.0 Å². The summed E-state index contributed by atoms with van der Waals surface area (Å²) in [5.41, 5.74) is -0.114. The molecule has 23 heavy (non-hydrogen) atoms. The predicted octanol–water partition coefficient (Wildman–Crippen LogP) is 2.09. The van der Waals surface area contributed by atoms with E-state index in [4.69, 9.17) is 16.0 Å². The van der Waals surface area contributed by atoms with Crippen molar-refractivity contribution in [1.82, 2.24) is 10.6 Å². The summed E-state index contributed by atoms with van der Waals surface area (Å²) in [6.45, 7) is 4.02. The first-order chi connectivity index (χ1) is 10.9. The molecule has 6 nitrogen and oxygen atoms in total. The van der Waals surface area contributed by atoms with Gasteiger partial charge >= 0.3 is 0 Å². The number of benzene rings is 1. The molecule has 7 heteroatoms. The molecule has 0 saturated heterocycles. The van der Waals surface area contributed by atoms with Crippen LogP contribution in [-0.2, 0) is 4.79 Å². The van der Waals surface area contributed by atoms with Gasteiger partial charge in [0.15, 0.2) is 11.2 Å². The largest absolute Gasteiger partial charge is 0.451 e. The fourth-order valence-corrected chi connectivity index (χ4v) is 2.15. The van der Waals surface area contributed by atoms with Gasteiger partial charge in [0.05, 0.1) is 5.39 Å². The first kappa shape index (κ1) is 17.0. The minimum Gasteiger partial charge on any atom is -0.451 e. The fraction of sp³-hybridized carbons (Fsp3) is 0.312. The number of amides is 2. The molecule has 122 valence electrons. The maximum absolute atomic E-state index is 12.1. The number of carbonyl (C=O) groups is 2. The van der Waals surface area contributed by atoms with Crippen LogP contribution in [0.3, 0.4) is 0 Å². The van der Waals surface area contributed by atoms with Crippen molar-refractivity contribution in [2.24, 2.45) is 0 Å². The van der Waals surface area contributed by atoms with E-state index in [2.05, 4.69) is 10.6 Å². The molecule has 1 atom stereocenters. The molecule has 0 fully saturated rings. The monoisotopic (exact) mass is 336 g/mol. The summed E-state index contributed by atoms with van der Waals surface area (Å²) in [4.78, 5) is 35.9. The van der Waals surface area contributed by atoms with Gasteiger partial charge in [-0.25, -0.2) is 0 Å². The summed E-state index contributed by atoms with van der Waals surface area (Å²) >= 11 is 5.83. The maximum Gasteiger partial charge on any atom is 0.287 e. The fourth-order valence-electron chi connectivity index (χ4n) is 1.98. The van der Waals surface area contributed by atoms with E-state index in [1.807, 2.05) is 6.92 Å². The van der Waals surface area contributed by atoms with Gasteiger partial charge in [-0.2, -0.15) is 0 Å². The zero-order valence-corrected chi connectivity index (χ0v) is 13.6. The molecule has 0 unspecified atom stereocenters. The van der Waals surface area contributed by atoms with Gasteiger partial charge in [0, 0.05) is 17.6 Å². The van der Waals surface area contributed by atoms with Crippen molar-refractivity contribution in [2.75, 3.05) is 6.54 Å². The number of hydrogen-bond acceptors (Lipinski definition) is 4. The van der Waals surface area contributed by atoms with Gasteiger partial charge in [0.2, 0.25) is 5.91 Å². The van der Waals surface area contributed by atoms with Crippen molar-refractivity contribution in [2.45, 2.75) is 26.3 Å². The molecule has 0 aliphatic heterocycles. The van der Waals surface area contributed by atoms with Gasteiger partial charge in [-0.05, 0) is 31.5 Å². The molecule has 2 N–H and O–H groups in total. The summed E-state index contributed by atoms with van der Waals surface area (Å²) in [6, 6.07) is 4.92. The van der Waals surface area contributed by atoms with Gasteiger partial charge < -0.3 is 15.1 Å². The summed E-state index contributed by atoms with van der Waals surface area (Å²) in [7, 11) is 0. The molecule has 2 amide bonds. The van der Waals surface area contributed by atoms with E-state index in [0.717, 1.165) is 12.5 Å². The lowest BCUT2D eigenvalue weighted by Crippen LogP contribution is -2.45. The third-order valence-corrected chi connectivity index (χ3v) is 3.44. The van der Waals surface area contributed by atoms with Crippen LogP contribution in [0.2, 0.25) is 5.02 Å². The molecule has 0 bridgehead atoms. The lowest BCUT2D eigenvalue weighted by molar-refractivity contribution is -0.122. The molecular formula is C16H17ClN2O4. The van der Waals surface area contributed by atoms with E-state index in [9.17, 15) is 14.4 Å². The highest BCUT2D eigenvalue weighted by Gasteiger charge is 2.18. The summed E-state index contributed by atoms with van der Waals surface area (Å²) in [5, 5.41) is 5.87. The molecule has 0 spiro atoms. The Labute approximate surface area is 137 Å². The van der Waals surface area contributed by atoms with E-state index in [1.54, 1.807) is 13.0 Å². The van der Waals surface area contributed by atoms with Gasteiger partial charge in [0.1, 0.15) is 11.6 Å².